The van der Waals surface area contributed by atoms with Gasteiger partial charge >= 0.3 is 0 Å². The van der Waals surface area contributed by atoms with E-state index < -0.39 is 0 Å². The van der Waals surface area contributed by atoms with Gasteiger partial charge < -0.3 is 5.73 Å². The third kappa shape index (κ3) is 2.61. The first-order chi connectivity index (χ1) is 8.22. The van der Waals surface area contributed by atoms with E-state index in [2.05, 4.69) is 4.98 Å². The van der Waals surface area contributed by atoms with Crippen LogP contribution in [-0.4, -0.2) is 11.5 Å². The molecule has 3 heteroatoms. The van der Waals surface area contributed by atoms with Crippen molar-refractivity contribution in [3.05, 3.63) is 41.3 Å². The maximum atomic E-state index is 13.7. The first-order valence-corrected chi connectivity index (χ1v) is 5.97. The molecule has 2 aromatic rings. The Morgan fingerprint density at radius 1 is 1.29 bits per heavy atom. The summed E-state index contributed by atoms with van der Waals surface area (Å²) >= 11 is 0. The molecule has 0 amide bonds. The first-order valence-electron chi connectivity index (χ1n) is 5.97. The lowest BCUT2D eigenvalue weighted by atomic mass is 10.1. The van der Waals surface area contributed by atoms with Crippen LogP contribution in [0.15, 0.2) is 24.3 Å². The molecule has 0 atom stereocenters. The average Bonchev–Trinajstić information content (AvgIpc) is 2.31. The van der Waals surface area contributed by atoms with Gasteiger partial charge in [-0.2, -0.15) is 0 Å². The number of hydrogen-bond acceptors (Lipinski definition) is 2. The van der Waals surface area contributed by atoms with Crippen LogP contribution in [0.4, 0.5) is 4.39 Å². The fourth-order valence-electron chi connectivity index (χ4n) is 2.03. The van der Waals surface area contributed by atoms with Gasteiger partial charge in [0.2, 0.25) is 0 Å². The number of rotatable bonds is 4. The molecule has 0 radical (unpaired) electrons. The van der Waals surface area contributed by atoms with Crippen molar-refractivity contribution in [2.24, 2.45) is 5.73 Å². The zero-order valence-electron chi connectivity index (χ0n) is 10.0. The highest BCUT2D eigenvalue weighted by molar-refractivity contribution is 5.82. The van der Waals surface area contributed by atoms with Crippen molar-refractivity contribution in [2.75, 3.05) is 6.54 Å². The number of hydrogen-bond donors (Lipinski definition) is 1. The number of benzene rings is 1. The lowest BCUT2D eigenvalue weighted by Gasteiger charge is -2.06. The van der Waals surface area contributed by atoms with Gasteiger partial charge in [0.25, 0.3) is 0 Å². The predicted molar refractivity (Wildman–Crippen MR) is 68.4 cm³/mol. The molecule has 1 heterocycles. The Bertz CT molecular complexity index is 523. The number of halogens is 1. The number of nitrogens with zero attached hydrogens (tertiary/aromatic N) is 1. The van der Waals surface area contributed by atoms with Gasteiger partial charge in [0, 0.05) is 11.1 Å². The Hall–Kier alpha value is -1.48. The summed E-state index contributed by atoms with van der Waals surface area (Å²) in [7, 11) is 0. The summed E-state index contributed by atoms with van der Waals surface area (Å²) in [6.45, 7) is 2.69. The quantitative estimate of drug-likeness (QED) is 0.823. The summed E-state index contributed by atoms with van der Waals surface area (Å²) in [6.07, 6.45) is 2.85. The molecule has 0 unspecified atom stereocenters. The van der Waals surface area contributed by atoms with E-state index in [1.807, 2.05) is 19.1 Å². The minimum Gasteiger partial charge on any atom is -0.330 e. The lowest BCUT2D eigenvalue weighted by molar-refractivity contribution is 0.635. The minimum atomic E-state index is -0.244. The third-order valence-electron chi connectivity index (χ3n) is 2.94. The molecule has 0 fully saturated rings. The second-order valence-electron chi connectivity index (χ2n) is 4.31. The van der Waals surface area contributed by atoms with Gasteiger partial charge in [-0.15, -0.1) is 0 Å². The van der Waals surface area contributed by atoms with Gasteiger partial charge in [-0.3, -0.25) is 0 Å². The SMILES string of the molecule is Cc1cc(CCCCN)nc2c(F)cccc12. The minimum absolute atomic E-state index is 0.244. The highest BCUT2D eigenvalue weighted by Gasteiger charge is 2.06. The van der Waals surface area contributed by atoms with E-state index in [1.165, 1.54) is 6.07 Å². The summed E-state index contributed by atoms with van der Waals surface area (Å²) in [5, 5.41) is 0.896. The van der Waals surface area contributed by atoms with E-state index in [-0.39, 0.29) is 5.82 Å². The number of aryl methyl sites for hydroxylation is 2. The van der Waals surface area contributed by atoms with Crippen molar-refractivity contribution in [3.8, 4) is 0 Å². The smallest absolute Gasteiger partial charge is 0.149 e. The van der Waals surface area contributed by atoms with Crippen molar-refractivity contribution in [2.45, 2.75) is 26.2 Å². The Kier molecular flexibility index (Phi) is 3.69. The van der Waals surface area contributed by atoms with Crippen LogP contribution >= 0.6 is 0 Å². The number of para-hydroxylation sites is 1. The lowest BCUT2D eigenvalue weighted by Crippen LogP contribution is -2.00. The van der Waals surface area contributed by atoms with E-state index in [9.17, 15) is 4.39 Å². The fourth-order valence-corrected chi connectivity index (χ4v) is 2.03. The van der Waals surface area contributed by atoms with Crippen LogP contribution in [0.2, 0.25) is 0 Å². The monoisotopic (exact) mass is 232 g/mol. The molecule has 2 nitrogen and oxygen atoms in total. The summed E-state index contributed by atoms with van der Waals surface area (Å²) in [5.74, 6) is -0.244. The topological polar surface area (TPSA) is 38.9 Å². The van der Waals surface area contributed by atoms with E-state index in [4.69, 9.17) is 5.73 Å². The van der Waals surface area contributed by atoms with E-state index in [0.29, 0.717) is 12.1 Å². The molecule has 0 aliphatic rings. The largest absolute Gasteiger partial charge is 0.330 e. The molecule has 0 aliphatic heterocycles. The van der Waals surface area contributed by atoms with Crippen molar-refractivity contribution >= 4 is 10.9 Å². The normalized spacial score (nSPS) is 11.0. The van der Waals surface area contributed by atoms with Crippen LogP contribution in [0.3, 0.4) is 0 Å². The molecule has 17 heavy (non-hydrogen) atoms. The maximum Gasteiger partial charge on any atom is 0.149 e. The molecule has 2 N–H and O–H groups in total. The zero-order valence-corrected chi connectivity index (χ0v) is 10.0. The molecule has 2 rings (SSSR count). The van der Waals surface area contributed by atoms with E-state index >= 15 is 0 Å². The van der Waals surface area contributed by atoms with Crippen molar-refractivity contribution < 1.29 is 4.39 Å². The van der Waals surface area contributed by atoms with Crippen LogP contribution in [-0.2, 0) is 6.42 Å². The molecule has 0 saturated heterocycles. The number of unbranched alkanes of at least 4 members (excludes halogenated alkanes) is 1. The molecule has 1 aromatic heterocycles. The number of aromatic nitrogens is 1. The highest BCUT2D eigenvalue weighted by Crippen LogP contribution is 2.20. The molecule has 1 aromatic carbocycles. The Morgan fingerprint density at radius 3 is 2.88 bits per heavy atom. The maximum absolute atomic E-state index is 13.7. The number of nitrogens with two attached hydrogens (primary N) is 1. The Morgan fingerprint density at radius 2 is 2.12 bits per heavy atom. The molecule has 0 aliphatic carbocycles. The van der Waals surface area contributed by atoms with Crippen LogP contribution in [0, 0.1) is 12.7 Å². The van der Waals surface area contributed by atoms with Gasteiger partial charge in [-0.25, -0.2) is 9.37 Å². The van der Waals surface area contributed by atoms with Crippen molar-refractivity contribution in [1.29, 1.82) is 0 Å². The number of fused-ring (bicyclic) bond motifs is 1. The van der Waals surface area contributed by atoms with Gasteiger partial charge in [-0.1, -0.05) is 12.1 Å². The molecule has 0 bridgehead atoms. The third-order valence-corrected chi connectivity index (χ3v) is 2.94. The molecule has 0 saturated carbocycles. The van der Waals surface area contributed by atoms with Crippen LogP contribution in [0.1, 0.15) is 24.1 Å². The molecular weight excluding hydrogens is 215 g/mol. The second kappa shape index (κ2) is 5.23. The summed E-state index contributed by atoms with van der Waals surface area (Å²) < 4.78 is 13.7. The predicted octanol–water partition coefficient (Wildman–Crippen LogP) is 2.96. The number of pyridine rings is 1. The zero-order chi connectivity index (χ0) is 12.3. The van der Waals surface area contributed by atoms with E-state index in [1.54, 1.807) is 6.07 Å². The second-order valence-corrected chi connectivity index (χ2v) is 4.31. The van der Waals surface area contributed by atoms with Gasteiger partial charge in [0.1, 0.15) is 11.3 Å². The van der Waals surface area contributed by atoms with Crippen LogP contribution in [0.5, 0.6) is 0 Å². The molecular formula is C14H17FN2. The molecule has 0 spiro atoms. The van der Waals surface area contributed by atoms with Crippen molar-refractivity contribution in [3.63, 3.8) is 0 Å². The molecule has 90 valence electrons. The Labute approximate surface area is 101 Å². The first kappa shape index (κ1) is 12.0. The van der Waals surface area contributed by atoms with Crippen LogP contribution in [0.25, 0.3) is 10.9 Å². The summed E-state index contributed by atoms with van der Waals surface area (Å²) in [5.41, 5.74) is 7.97. The highest BCUT2D eigenvalue weighted by atomic mass is 19.1. The van der Waals surface area contributed by atoms with Crippen molar-refractivity contribution in [1.82, 2.24) is 4.98 Å². The van der Waals surface area contributed by atoms with Gasteiger partial charge in [0.15, 0.2) is 0 Å². The Balaban J connectivity index is 2.36. The van der Waals surface area contributed by atoms with Gasteiger partial charge in [0.05, 0.1) is 0 Å². The average molecular weight is 232 g/mol. The summed E-state index contributed by atoms with van der Waals surface area (Å²) in [4.78, 5) is 4.39. The van der Waals surface area contributed by atoms with E-state index in [0.717, 1.165) is 35.9 Å². The van der Waals surface area contributed by atoms with Crippen LogP contribution < -0.4 is 5.73 Å². The summed E-state index contributed by atoms with van der Waals surface area (Å²) in [6, 6.07) is 7.13. The standard InChI is InChI=1S/C14H17FN2/c1-10-9-11(5-2-3-8-16)17-14-12(10)6-4-7-13(14)15/h4,6-7,9H,2-3,5,8,16H2,1H3. The fraction of sp³-hybridized carbons (Fsp3) is 0.357. The van der Waals surface area contributed by atoms with Gasteiger partial charge in [-0.05, 0) is 50.4 Å².